The van der Waals surface area contributed by atoms with Gasteiger partial charge in [0.15, 0.2) is 0 Å². The van der Waals surface area contributed by atoms with Gasteiger partial charge in [-0.3, -0.25) is 0 Å². The summed E-state index contributed by atoms with van der Waals surface area (Å²) < 4.78 is 5.41. The van der Waals surface area contributed by atoms with Gasteiger partial charge in [-0.15, -0.1) is 0 Å². The second-order valence-electron chi connectivity index (χ2n) is 4.76. The number of hydrogen-bond donors (Lipinski definition) is 2. The standard InChI is InChI=1S/C12H26N2O2/c1-2-14(6-3-7-15)11-12(10-13)4-8-16-9-5-12/h15H,2-11,13H2,1H3. The maximum atomic E-state index is 8.87. The molecule has 0 aromatic carbocycles. The van der Waals surface area contributed by atoms with Gasteiger partial charge in [0.2, 0.25) is 0 Å². The van der Waals surface area contributed by atoms with E-state index in [4.69, 9.17) is 15.6 Å². The summed E-state index contributed by atoms with van der Waals surface area (Å²) in [5.74, 6) is 0. The summed E-state index contributed by atoms with van der Waals surface area (Å²) in [6.45, 7) is 7.91. The minimum Gasteiger partial charge on any atom is -0.396 e. The predicted molar refractivity (Wildman–Crippen MR) is 65.4 cm³/mol. The van der Waals surface area contributed by atoms with Crippen LogP contribution in [0.1, 0.15) is 26.2 Å². The van der Waals surface area contributed by atoms with Crippen molar-refractivity contribution in [1.29, 1.82) is 0 Å². The van der Waals surface area contributed by atoms with Crippen LogP contribution in [-0.2, 0) is 4.74 Å². The van der Waals surface area contributed by atoms with E-state index < -0.39 is 0 Å². The lowest BCUT2D eigenvalue weighted by atomic mass is 9.79. The largest absolute Gasteiger partial charge is 0.396 e. The fraction of sp³-hybridized carbons (Fsp3) is 1.00. The minimum atomic E-state index is 0.240. The Kier molecular flexibility index (Phi) is 6.28. The number of hydrogen-bond acceptors (Lipinski definition) is 4. The molecule has 0 amide bonds. The van der Waals surface area contributed by atoms with Gasteiger partial charge in [0, 0.05) is 32.9 Å². The Morgan fingerprint density at radius 1 is 1.38 bits per heavy atom. The van der Waals surface area contributed by atoms with Crippen molar-refractivity contribution in [3.8, 4) is 0 Å². The van der Waals surface area contributed by atoms with Gasteiger partial charge in [-0.25, -0.2) is 0 Å². The van der Waals surface area contributed by atoms with Crippen LogP contribution in [0.4, 0.5) is 0 Å². The van der Waals surface area contributed by atoms with E-state index in [-0.39, 0.29) is 12.0 Å². The van der Waals surface area contributed by atoms with Crippen LogP contribution < -0.4 is 5.73 Å². The molecule has 0 saturated carbocycles. The van der Waals surface area contributed by atoms with E-state index in [9.17, 15) is 0 Å². The second kappa shape index (κ2) is 7.22. The topological polar surface area (TPSA) is 58.7 Å². The maximum absolute atomic E-state index is 8.87. The van der Waals surface area contributed by atoms with Gasteiger partial charge in [-0.05, 0) is 37.8 Å². The van der Waals surface area contributed by atoms with E-state index >= 15 is 0 Å². The molecule has 4 nitrogen and oxygen atoms in total. The van der Waals surface area contributed by atoms with Gasteiger partial charge in [0.1, 0.15) is 0 Å². The molecule has 16 heavy (non-hydrogen) atoms. The van der Waals surface area contributed by atoms with Crippen LogP contribution in [-0.4, -0.2) is 56.0 Å². The quantitative estimate of drug-likeness (QED) is 0.666. The summed E-state index contributed by atoms with van der Waals surface area (Å²) in [6.07, 6.45) is 2.99. The lowest BCUT2D eigenvalue weighted by molar-refractivity contribution is -0.0000848. The molecule has 1 heterocycles. The van der Waals surface area contributed by atoms with E-state index in [1.54, 1.807) is 0 Å². The molecule has 96 valence electrons. The summed E-state index contributed by atoms with van der Waals surface area (Å²) in [5.41, 5.74) is 6.18. The maximum Gasteiger partial charge on any atom is 0.0472 e. The van der Waals surface area contributed by atoms with Crippen LogP contribution in [0.3, 0.4) is 0 Å². The summed E-state index contributed by atoms with van der Waals surface area (Å²) in [4.78, 5) is 2.40. The summed E-state index contributed by atoms with van der Waals surface area (Å²) >= 11 is 0. The van der Waals surface area contributed by atoms with Crippen molar-refractivity contribution >= 4 is 0 Å². The molecule has 1 aliphatic heterocycles. The zero-order valence-electron chi connectivity index (χ0n) is 10.5. The van der Waals surface area contributed by atoms with E-state index in [2.05, 4.69) is 11.8 Å². The van der Waals surface area contributed by atoms with Crippen LogP contribution >= 0.6 is 0 Å². The molecule has 0 bridgehead atoms. The zero-order valence-corrected chi connectivity index (χ0v) is 10.5. The number of rotatable bonds is 7. The van der Waals surface area contributed by atoms with Crippen molar-refractivity contribution in [3.05, 3.63) is 0 Å². The van der Waals surface area contributed by atoms with Gasteiger partial charge in [0.25, 0.3) is 0 Å². The van der Waals surface area contributed by atoms with Gasteiger partial charge < -0.3 is 20.5 Å². The Morgan fingerprint density at radius 2 is 2.06 bits per heavy atom. The Labute approximate surface area is 98.8 Å². The van der Waals surface area contributed by atoms with E-state index in [1.807, 2.05) is 0 Å². The van der Waals surface area contributed by atoms with E-state index in [0.29, 0.717) is 0 Å². The molecule has 3 N–H and O–H groups in total. The summed E-state index contributed by atoms with van der Waals surface area (Å²) in [5, 5.41) is 8.87. The van der Waals surface area contributed by atoms with Crippen LogP contribution in [0.15, 0.2) is 0 Å². The first-order valence-electron chi connectivity index (χ1n) is 6.37. The number of aliphatic hydroxyl groups excluding tert-OH is 1. The molecule has 1 fully saturated rings. The lowest BCUT2D eigenvalue weighted by Crippen LogP contribution is -2.46. The van der Waals surface area contributed by atoms with Crippen LogP contribution in [0.2, 0.25) is 0 Å². The summed E-state index contributed by atoms with van der Waals surface area (Å²) in [7, 11) is 0. The van der Waals surface area contributed by atoms with Gasteiger partial charge in [-0.2, -0.15) is 0 Å². The molecule has 0 atom stereocenters. The first-order valence-corrected chi connectivity index (χ1v) is 6.37. The Morgan fingerprint density at radius 3 is 2.56 bits per heavy atom. The molecular weight excluding hydrogens is 204 g/mol. The highest BCUT2D eigenvalue weighted by Crippen LogP contribution is 2.30. The highest BCUT2D eigenvalue weighted by atomic mass is 16.5. The SMILES string of the molecule is CCN(CCCO)CC1(CN)CCOCC1. The highest BCUT2D eigenvalue weighted by Gasteiger charge is 2.32. The number of nitrogens with two attached hydrogens (primary N) is 1. The van der Waals surface area contributed by atoms with Gasteiger partial charge >= 0.3 is 0 Å². The van der Waals surface area contributed by atoms with Gasteiger partial charge in [-0.1, -0.05) is 6.92 Å². The second-order valence-corrected chi connectivity index (χ2v) is 4.76. The zero-order chi connectivity index (χ0) is 11.9. The third-order valence-corrected chi connectivity index (χ3v) is 3.63. The molecule has 0 aliphatic carbocycles. The number of ether oxygens (including phenoxy) is 1. The molecule has 4 heteroatoms. The Hall–Kier alpha value is -0.160. The van der Waals surface area contributed by atoms with Crippen molar-refractivity contribution in [2.45, 2.75) is 26.2 Å². The third kappa shape index (κ3) is 4.01. The molecule has 1 saturated heterocycles. The van der Waals surface area contributed by atoms with Crippen LogP contribution in [0, 0.1) is 5.41 Å². The first kappa shape index (κ1) is 13.9. The Bertz CT molecular complexity index is 182. The normalized spacial score (nSPS) is 20.2. The monoisotopic (exact) mass is 230 g/mol. The van der Waals surface area contributed by atoms with Gasteiger partial charge in [0.05, 0.1) is 0 Å². The minimum absolute atomic E-state index is 0.240. The van der Waals surface area contributed by atoms with Crippen molar-refractivity contribution in [1.82, 2.24) is 4.90 Å². The van der Waals surface area contributed by atoms with E-state index in [1.165, 1.54) is 0 Å². The highest BCUT2D eigenvalue weighted by molar-refractivity contribution is 4.85. The fourth-order valence-corrected chi connectivity index (χ4v) is 2.35. The molecule has 0 spiro atoms. The summed E-state index contributed by atoms with van der Waals surface area (Å²) in [6, 6.07) is 0. The van der Waals surface area contributed by atoms with Crippen LogP contribution in [0.5, 0.6) is 0 Å². The first-order chi connectivity index (χ1) is 7.76. The molecule has 0 aromatic rings. The molecule has 1 aliphatic rings. The smallest absolute Gasteiger partial charge is 0.0472 e. The molecule has 0 aromatic heterocycles. The lowest BCUT2D eigenvalue weighted by Gasteiger charge is -2.40. The fourth-order valence-electron chi connectivity index (χ4n) is 2.35. The molecule has 0 unspecified atom stereocenters. The molecular formula is C12H26N2O2. The number of aliphatic hydroxyl groups is 1. The van der Waals surface area contributed by atoms with E-state index in [0.717, 1.165) is 58.7 Å². The molecule has 1 rings (SSSR count). The van der Waals surface area contributed by atoms with Crippen molar-refractivity contribution in [2.24, 2.45) is 11.1 Å². The average molecular weight is 230 g/mol. The average Bonchev–Trinajstić information content (AvgIpc) is 2.35. The molecule has 0 radical (unpaired) electrons. The third-order valence-electron chi connectivity index (χ3n) is 3.63. The Balaban J connectivity index is 2.45. The van der Waals surface area contributed by atoms with Crippen molar-refractivity contribution in [2.75, 3.05) is 46.0 Å². The van der Waals surface area contributed by atoms with Crippen LogP contribution in [0.25, 0.3) is 0 Å². The predicted octanol–water partition coefficient (Wildman–Crippen LogP) is 0.446. The van der Waals surface area contributed by atoms with Crippen molar-refractivity contribution in [3.63, 3.8) is 0 Å². The van der Waals surface area contributed by atoms with Crippen molar-refractivity contribution < 1.29 is 9.84 Å². The number of nitrogens with zero attached hydrogens (tertiary/aromatic N) is 1.